The van der Waals surface area contributed by atoms with Crippen molar-refractivity contribution >= 4 is 5.91 Å². The second kappa shape index (κ2) is 5.52. The summed E-state index contributed by atoms with van der Waals surface area (Å²) in [5, 5.41) is 3.27. The molecule has 0 aromatic carbocycles. The molecule has 1 aromatic heterocycles. The lowest BCUT2D eigenvalue weighted by molar-refractivity contribution is -0.132. The normalized spacial score (nSPS) is 18.8. The van der Waals surface area contributed by atoms with Gasteiger partial charge in [0.2, 0.25) is 5.91 Å². The number of hydrogen-bond donors (Lipinski definition) is 2. The van der Waals surface area contributed by atoms with E-state index in [-0.39, 0.29) is 11.9 Å². The van der Waals surface area contributed by atoms with Gasteiger partial charge in [-0.25, -0.2) is 4.98 Å². The topological polar surface area (TPSA) is 61.0 Å². The lowest BCUT2D eigenvalue weighted by Gasteiger charge is -2.27. The van der Waals surface area contributed by atoms with Gasteiger partial charge in [0.15, 0.2) is 0 Å². The number of carbonyl (C=O) groups excluding carboxylic acids is 1. The van der Waals surface area contributed by atoms with Crippen molar-refractivity contribution in [2.24, 2.45) is 5.92 Å². The molecule has 0 bridgehead atoms. The van der Waals surface area contributed by atoms with Crippen LogP contribution in [0.5, 0.6) is 0 Å². The number of imidazole rings is 1. The summed E-state index contributed by atoms with van der Waals surface area (Å²) in [5.74, 6) is 0.793. The van der Waals surface area contributed by atoms with Crippen LogP contribution in [0.4, 0.5) is 0 Å². The fraction of sp³-hybridized carbons (Fsp3) is 0.692. The van der Waals surface area contributed by atoms with Gasteiger partial charge in [-0.3, -0.25) is 10.1 Å². The first-order valence-electron chi connectivity index (χ1n) is 6.57. The van der Waals surface area contributed by atoms with E-state index in [0.717, 1.165) is 24.4 Å². The number of nitrogens with one attached hydrogen (secondary N) is 2. The number of nitrogens with zero attached hydrogens (tertiary/aromatic N) is 2. The maximum atomic E-state index is 12.3. The van der Waals surface area contributed by atoms with Crippen LogP contribution in [0.1, 0.15) is 31.7 Å². The average molecular weight is 250 g/mol. The monoisotopic (exact) mass is 250 g/mol. The van der Waals surface area contributed by atoms with E-state index in [9.17, 15) is 4.79 Å². The van der Waals surface area contributed by atoms with Crippen LogP contribution in [0, 0.1) is 5.92 Å². The van der Waals surface area contributed by atoms with Crippen LogP contribution in [0.25, 0.3) is 0 Å². The Hall–Kier alpha value is -1.36. The number of H-pyrrole nitrogens is 1. The standard InChI is InChI=1S/C13H22N4O/c1-9(2)4-5-17(3)13(18)11-6-10-12(7-14-11)16-8-15-10/h8-9,11,14H,4-7H2,1-3H3,(H,15,16). The van der Waals surface area contributed by atoms with Gasteiger partial charge in [0, 0.05) is 26.6 Å². The van der Waals surface area contributed by atoms with E-state index < -0.39 is 0 Å². The molecule has 5 nitrogen and oxygen atoms in total. The highest BCUT2D eigenvalue weighted by Crippen LogP contribution is 2.13. The minimum atomic E-state index is -0.127. The smallest absolute Gasteiger partial charge is 0.239 e. The molecule has 0 fully saturated rings. The molecule has 2 N–H and O–H groups in total. The van der Waals surface area contributed by atoms with E-state index in [4.69, 9.17) is 0 Å². The maximum Gasteiger partial charge on any atom is 0.239 e. The lowest BCUT2D eigenvalue weighted by Crippen LogP contribution is -2.48. The fourth-order valence-electron chi connectivity index (χ4n) is 2.17. The first-order chi connectivity index (χ1) is 8.58. The minimum absolute atomic E-state index is 0.127. The predicted molar refractivity (Wildman–Crippen MR) is 70.0 cm³/mol. The van der Waals surface area contributed by atoms with Crippen LogP contribution in [0.3, 0.4) is 0 Å². The molecular weight excluding hydrogens is 228 g/mol. The third-order valence-electron chi connectivity index (χ3n) is 3.45. The maximum absolute atomic E-state index is 12.3. The SMILES string of the molecule is CC(C)CCN(C)C(=O)C1Cc2nc[nH]c2CN1. The van der Waals surface area contributed by atoms with E-state index >= 15 is 0 Å². The molecule has 1 aliphatic heterocycles. The highest BCUT2D eigenvalue weighted by molar-refractivity contribution is 5.82. The van der Waals surface area contributed by atoms with Crippen molar-refractivity contribution in [3.63, 3.8) is 0 Å². The van der Waals surface area contributed by atoms with Gasteiger partial charge in [0.1, 0.15) is 0 Å². The minimum Gasteiger partial charge on any atom is -0.347 e. The molecule has 1 aromatic rings. The third-order valence-corrected chi connectivity index (χ3v) is 3.45. The number of fused-ring (bicyclic) bond motifs is 1. The molecule has 1 aliphatic rings. The number of aromatic amines is 1. The summed E-state index contributed by atoms with van der Waals surface area (Å²) in [6.45, 7) is 5.87. The first-order valence-corrected chi connectivity index (χ1v) is 6.57. The van der Waals surface area contributed by atoms with E-state index in [1.54, 1.807) is 6.33 Å². The Balaban J connectivity index is 1.90. The largest absolute Gasteiger partial charge is 0.347 e. The van der Waals surface area contributed by atoms with Crippen molar-refractivity contribution in [3.05, 3.63) is 17.7 Å². The Labute approximate surface area is 108 Å². The fourth-order valence-corrected chi connectivity index (χ4v) is 2.17. The van der Waals surface area contributed by atoms with Crippen molar-refractivity contribution in [1.29, 1.82) is 0 Å². The van der Waals surface area contributed by atoms with Crippen LogP contribution in [-0.2, 0) is 17.8 Å². The summed E-state index contributed by atoms with van der Waals surface area (Å²) in [4.78, 5) is 21.4. The molecule has 18 heavy (non-hydrogen) atoms. The quantitative estimate of drug-likeness (QED) is 0.835. The molecular formula is C13H22N4O. The van der Waals surface area contributed by atoms with Crippen molar-refractivity contribution in [2.75, 3.05) is 13.6 Å². The first kappa shape index (κ1) is 13.1. The summed E-state index contributed by atoms with van der Waals surface area (Å²) in [7, 11) is 1.88. The second-order valence-corrected chi connectivity index (χ2v) is 5.41. The van der Waals surface area contributed by atoms with Crippen molar-refractivity contribution in [3.8, 4) is 0 Å². The van der Waals surface area contributed by atoms with Gasteiger partial charge in [-0.1, -0.05) is 13.8 Å². The number of likely N-dealkylation sites (N-methyl/N-ethyl adjacent to an activating group) is 1. The van der Waals surface area contributed by atoms with E-state index in [2.05, 4.69) is 29.1 Å². The van der Waals surface area contributed by atoms with Crippen molar-refractivity contribution < 1.29 is 4.79 Å². The lowest BCUT2D eigenvalue weighted by atomic mass is 10.0. The molecule has 0 spiro atoms. The number of rotatable bonds is 4. The van der Waals surface area contributed by atoms with Crippen LogP contribution >= 0.6 is 0 Å². The molecule has 5 heteroatoms. The number of hydrogen-bond acceptors (Lipinski definition) is 3. The van der Waals surface area contributed by atoms with Gasteiger partial charge in [-0.05, 0) is 12.3 Å². The molecule has 0 saturated heterocycles. The van der Waals surface area contributed by atoms with Gasteiger partial charge in [-0.15, -0.1) is 0 Å². The zero-order valence-corrected chi connectivity index (χ0v) is 11.4. The summed E-state index contributed by atoms with van der Waals surface area (Å²) >= 11 is 0. The summed E-state index contributed by atoms with van der Waals surface area (Å²) in [6, 6.07) is -0.127. The highest BCUT2D eigenvalue weighted by Gasteiger charge is 2.27. The van der Waals surface area contributed by atoms with Crippen LogP contribution in [-0.4, -0.2) is 40.4 Å². The Morgan fingerprint density at radius 2 is 2.39 bits per heavy atom. The molecule has 2 heterocycles. The molecule has 1 unspecified atom stereocenters. The molecule has 1 atom stereocenters. The van der Waals surface area contributed by atoms with Crippen LogP contribution in [0.15, 0.2) is 6.33 Å². The van der Waals surface area contributed by atoms with Crippen molar-refractivity contribution in [2.45, 2.75) is 39.3 Å². The van der Waals surface area contributed by atoms with E-state index in [1.807, 2.05) is 11.9 Å². The van der Waals surface area contributed by atoms with Gasteiger partial charge in [0.05, 0.1) is 23.8 Å². The van der Waals surface area contributed by atoms with Gasteiger partial charge in [-0.2, -0.15) is 0 Å². The number of carbonyl (C=O) groups is 1. The molecule has 0 saturated carbocycles. The summed E-state index contributed by atoms with van der Waals surface area (Å²) in [5.41, 5.74) is 2.12. The van der Waals surface area contributed by atoms with E-state index in [1.165, 1.54) is 0 Å². The predicted octanol–water partition coefficient (Wildman–Crippen LogP) is 0.928. The van der Waals surface area contributed by atoms with Gasteiger partial charge in [0.25, 0.3) is 0 Å². The zero-order chi connectivity index (χ0) is 13.1. The Kier molecular flexibility index (Phi) is 4.01. The molecule has 0 radical (unpaired) electrons. The van der Waals surface area contributed by atoms with Crippen molar-refractivity contribution in [1.82, 2.24) is 20.2 Å². The highest BCUT2D eigenvalue weighted by atomic mass is 16.2. The molecule has 100 valence electrons. The summed E-state index contributed by atoms with van der Waals surface area (Å²) < 4.78 is 0. The molecule has 2 rings (SSSR count). The van der Waals surface area contributed by atoms with Gasteiger partial charge >= 0.3 is 0 Å². The molecule has 1 amide bonds. The Morgan fingerprint density at radius 1 is 1.61 bits per heavy atom. The van der Waals surface area contributed by atoms with E-state index in [0.29, 0.717) is 18.9 Å². The summed E-state index contributed by atoms with van der Waals surface area (Å²) in [6.07, 6.45) is 3.42. The van der Waals surface area contributed by atoms with Crippen LogP contribution in [0.2, 0.25) is 0 Å². The van der Waals surface area contributed by atoms with Gasteiger partial charge < -0.3 is 9.88 Å². The Morgan fingerprint density at radius 3 is 3.11 bits per heavy atom. The third kappa shape index (κ3) is 2.90. The number of aromatic nitrogens is 2. The van der Waals surface area contributed by atoms with Crippen LogP contribution < -0.4 is 5.32 Å². The molecule has 0 aliphatic carbocycles. The number of amides is 1. The second-order valence-electron chi connectivity index (χ2n) is 5.41. The zero-order valence-electron chi connectivity index (χ0n) is 11.4. The average Bonchev–Trinajstić information content (AvgIpc) is 2.81. The Bertz CT molecular complexity index is 413.